The second-order valence-electron chi connectivity index (χ2n) is 6.98. The predicted molar refractivity (Wildman–Crippen MR) is 121 cm³/mol. The first-order valence-corrected chi connectivity index (χ1v) is 11.0. The van der Waals surface area contributed by atoms with Crippen LogP contribution in [-0.2, 0) is 12.3 Å². The van der Waals surface area contributed by atoms with E-state index < -0.39 is 0 Å². The molecule has 0 radical (unpaired) electrons. The summed E-state index contributed by atoms with van der Waals surface area (Å²) in [4.78, 5) is 4.42. The molecule has 0 saturated carbocycles. The van der Waals surface area contributed by atoms with Crippen molar-refractivity contribution in [3.63, 3.8) is 0 Å². The topological polar surface area (TPSA) is 79.1 Å². The lowest BCUT2D eigenvalue weighted by Gasteiger charge is -2.09. The average Bonchev–Trinajstić information content (AvgIpc) is 3.60. The van der Waals surface area contributed by atoms with Crippen molar-refractivity contribution in [1.29, 1.82) is 0 Å². The van der Waals surface area contributed by atoms with Gasteiger partial charge in [-0.1, -0.05) is 54.2 Å². The molecule has 0 atom stereocenters. The number of methoxy groups -OCH3 is 1. The fourth-order valence-corrected chi connectivity index (χ4v) is 4.10. The van der Waals surface area contributed by atoms with Crippen LogP contribution in [0, 0.1) is 0 Å². The first-order chi connectivity index (χ1) is 15.8. The molecule has 0 bridgehead atoms. The Labute approximate surface area is 189 Å². The van der Waals surface area contributed by atoms with Crippen molar-refractivity contribution < 1.29 is 13.6 Å². The van der Waals surface area contributed by atoms with Gasteiger partial charge in [-0.3, -0.25) is 4.57 Å². The lowest BCUT2D eigenvalue weighted by atomic mass is 10.2. The second-order valence-corrected chi connectivity index (χ2v) is 7.92. The Morgan fingerprint density at radius 1 is 0.969 bits per heavy atom. The summed E-state index contributed by atoms with van der Waals surface area (Å²) >= 11 is 1.52. The number of furan rings is 1. The molecule has 0 saturated heterocycles. The van der Waals surface area contributed by atoms with Gasteiger partial charge in [-0.2, -0.15) is 0 Å². The molecule has 0 aliphatic rings. The Kier molecular flexibility index (Phi) is 5.76. The summed E-state index contributed by atoms with van der Waals surface area (Å²) < 4.78 is 18.9. The van der Waals surface area contributed by atoms with E-state index in [-0.39, 0.29) is 0 Å². The fraction of sp³-hybridized carbons (Fsp3) is 0.125. The summed E-state index contributed by atoms with van der Waals surface area (Å²) in [6.07, 6.45) is 3.41. The highest BCUT2D eigenvalue weighted by Gasteiger charge is 2.17. The van der Waals surface area contributed by atoms with E-state index >= 15 is 0 Å². The number of oxazole rings is 1. The highest BCUT2D eigenvalue weighted by molar-refractivity contribution is 7.98. The molecule has 0 amide bonds. The summed E-state index contributed by atoms with van der Waals surface area (Å²) in [5.41, 5.74) is 1.91. The van der Waals surface area contributed by atoms with E-state index in [2.05, 4.69) is 15.2 Å². The van der Waals surface area contributed by atoms with Crippen LogP contribution in [0.2, 0.25) is 0 Å². The highest BCUT2D eigenvalue weighted by atomic mass is 32.2. The van der Waals surface area contributed by atoms with Crippen molar-refractivity contribution in [3.05, 3.63) is 90.8 Å². The maximum absolute atomic E-state index is 5.93. The lowest BCUT2D eigenvalue weighted by molar-refractivity contribution is 0.415. The zero-order valence-electron chi connectivity index (χ0n) is 17.3. The van der Waals surface area contributed by atoms with Crippen LogP contribution in [0.3, 0.4) is 0 Å². The molecular formula is C24H20N4O3S. The van der Waals surface area contributed by atoms with E-state index in [0.29, 0.717) is 18.2 Å². The number of hydrogen-bond acceptors (Lipinski definition) is 7. The first-order valence-electron chi connectivity index (χ1n) is 10.0. The maximum Gasteiger partial charge on any atom is 0.205 e. The van der Waals surface area contributed by atoms with Gasteiger partial charge in [-0.15, -0.1) is 10.2 Å². The van der Waals surface area contributed by atoms with Crippen LogP contribution in [0.15, 0.2) is 93.2 Å². The highest BCUT2D eigenvalue weighted by Crippen LogP contribution is 2.30. The minimum absolute atomic E-state index is 0.510. The van der Waals surface area contributed by atoms with Crippen molar-refractivity contribution >= 4 is 11.8 Å². The smallest absolute Gasteiger partial charge is 0.205 e. The summed E-state index contributed by atoms with van der Waals surface area (Å²) in [7, 11) is 1.65. The van der Waals surface area contributed by atoms with Gasteiger partial charge >= 0.3 is 0 Å². The molecule has 0 unspecified atom stereocenters. The third-order valence-electron chi connectivity index (χ3n) is 4.88. The molecule has 32 heavy (non-hydrogen) atoms. The number of nitrogens with zero attached hydrogens (tertiary/aromatic N) is 4. The number of hydrogen-bond donors (Lipinski definition) is 0. The van der Waals surface area contributed by atoms with Crippen LogP contribution in [0.5, 0.6) is 5.75 Å². The van der Waals surface area contributed by atoms with E-state index in [1.54, 1.807) is 19.6 Å². The van der Waals surface area contributed by atoms with Gasteiger partial charge in [0.15, 0.2) is 16.7 Å². The van der Waals surface area contributed by atoms with E-state index in [1.165, 1.54) is 11.8 Å². The van der Waals surface area contributed by atoms with Gasteiger partial charge in [0.05, 0.1) is 31.9 Å². The molecule has 0 aliphatic heterocycles. The Morgan fingerprint density at radius 3 is 2.66 bits per heavy atom. The van der Waals surface area contributed by atoms with Crippen LogP contribution in [0.4, 0.5) is 0 Å². The number of benzene rings is 2. The summed E-state index contributed by atoms with van der Waals surface area (Å²) in [5, 5.41) is 9.63. The minimum atomic E-state index is 0.510. The van der Waals surface area contributed by atoms with Gasteiger partial charge in [0.2, 0.25) is 5.89 Å². The molecule has 8 heteroatoms. The summed E-state index contributed by atoms with van der Waals surface area (Å²) in [6, 6.07) is 21.5. The quantitative estimate of drug-likeness (QED) is 0.291. The molecular weight excluding hydrogens is 424 g/mol. The normalized spacial score (nSPS) is 11.0. The molecule has 0 aliphatic carbocycles. The van der Waals surface area contributed by atoms with Gasteiger partial charge in [0.1, 0.15) is 11.5 Å². The number of thioether (sulfide) groups is 1. The second kappa shape index (κ2) is 9.15. The Hall–Kier alpha value is -3.78. The third-order valence-corrected chi connectivity index (χ3v) is 5.83. The largest absolute Gasteiger partial charge is 0.497 e. The Balaban J connectivity index is 1.41. The van der Waals surface area contributed by atoms with Crippen molar-refractivity contribution in [2.24, 2.45) is 0 Å². The molecule has 3 heterocycles. The number of ether oxygens (including phenoxy) is 1. The van der Waals surface area contributed by atoms with Gasteiger partial charge in [-0.25, -0.2) is 4.98 Å². The van der Waals surface area contributed by atoms with Crippen molar-refractivity contribution in [2.45, 2.75) is 17.5 Å². The van der Waals surface area contributed by atoms with Gasteiger partial charge in [-0.05, 0) is 24.3 Å². The van der Waals surface area contributed by atoms with Gasteiger partial charge < -0.3 is 13.6 Å². The Bertz CT molecular complexity index is 1300. The molecule has 0 fully saturated rings. The van der Waals surface area contributed by atoms with Gasteiger partial charge in [0.25, 0.3) is 0 Å². The fourth-order valence-electron chi connectivity index (χ4n) is 3.31. The maximum atomic E-state index is 5.93. The van der Waals surface area contributed by atoms with Crippen LogP contribution in [0.25, 0.3) is 22.7 Å². The van der Waals surface area contributed by atoms with Gasteiger partial charge in [0, 0.05) is 11.1 Å². The molecule has 0 spiro atoms. The molecule has 3 aromatic heterocycles. The molecule has 5 aromatic rings. The summed E-state index contributed by atoms with van der Waals surface area (Å²) in [5.74, 6) is 4.22. The van der Waals surface area contributed by atoms with E-state index in [1.807, 2.05) is 71.3 Å². The van der Waals surface area contributed by atoms with Crippen molar-refractivity contribution in [3.8, 4) is 28.5 Å². The Morgan fingerprint density at radius 2 is 1.84 bits per heavy atom. The molecule has 160 valence electrons. The van der Waals surface area contributed by atoms with Crippen LogP contribution < -0.4 is 4.74 Å². The van der Waals surface area contributed by atoms with Crippen LogP contribution >= 0.6 is 11.8 Å². The zero-order chi connectivity index (χ0) is 21.8. The SMILES string of the molecule is COc1cccc(-c2nnc(SCc3ncc(-c4ccccc4)o3)n2Cc2ccco2)c1. The predicted octanol–water partition coefficient (Wildman–Crippen LogP) is 5.54. The van der Waals surface area contributed by atoms with E-state index in [0.717, 1.165) is 39.4 Å². The van der Waals surface area contributed by atoms with Crippen LogP contribution in [-0.4, -0.2) is 26.9 Å². The number of aromatic nitrogens is 4. The standard InChI is InChI=1S/C24H20N4O3S/c1-29-19-10-5-9-18(13-19)23-26-27-24(28(23)15-20-11-6-12-30-20)32-16-22-25-14-21(31-22)17-7-3-2-4-8-17/h2-14H,15-16H2,1H3. The zero-order valence-corrected chi connectivity index (χ0v) is 18.2. The first kappa shape index (κ1) is 20.1. The monoisotopic (exact) mass is 444 g/mol. The minimum Gasteiger partial charge on any atom is -0.497 e. The van der Waals surface area contributed by atoms with Crippen LogP contribution in [0.1, 0.15) is 11.7 Å². The molecule has 2 aromatic carbocycles. The summed E-state index contributed by atoms with van der Waals surface area (Å²) in [6.45, 7) is 0.510. The third kappa shape index (κ3) is 4.31. The number of rotatable bonds is 8. The lowest BCUT2D eigenvalue weighted by Crippen LogP contribution is -2.03. The molecule has 7 nitrogen and oxygen atoms in total. The van der Waals surface area contributed by atoms with Crippen molar-refractivity contribution in [1.82, 2.24) is 19.7 Å². The average molecular weight is 445 g/mol. The van der Waals surface area contributed by atoms with E-state index in [9.17, 15) is 0 Å². The van der Waals surface area contributed by atoms with E-state index in [4.69, 9.17) is 13.6 Å². The molecule has 5 rings (SSSR count). The molecule has 0 N–H and O–H groups in total. The van der Waals surface area contributed by atoms with Crippen molar-refractivity contribution in [2.75, 3.05) is 7.11 Å².